The fourth-order valence-corrected chi connectivity index (χ4v) is 4.30. The van der Waals surface area contributed by atoms with Crippen LogP contribution in [0.4, 0.5) is 0 Å². The van der Waals surface area contributed by atoms with Gasteiger partial charge in [0.2, 0.25) is 18.4 Å². The van der Waals surface area contributed by atoms with Crippen LogP contribution in [0.2, 0.25) is 0 Å². The van der Waals surface area contributed by atoms with Gasteiger partial charge in [0.05, 0.1) is 25.1 Å². The van der Waals surface area contributed by atoms with Gasteiger partial charge in [-0.2, -0.15) is 5.26 Å². The molecule has 8 heteroatoms. The molecule has 0 amide bonds. The fourth-order valence-electron chi connectivity index (χ4n) is 4.30. The van der Waals surface area contributed by atoms with E-state index in [0.29, 0.717) is 40.7 Å². The van der Waals surface area contributed by atoms with Crippen molar-refractivity contribution in [1.82, 2.24) is 4.57 Å². The second-order valence-corrected chi connectivity index (χ2v) is 7.82. The normalized spacial score (nSPS) is 16.1. The van der Waals surface area contributed by atoms with Gasteiger partial charge in [-0.25, -0.2) is 0 Å². The number of rotatable bonds is 4. The average molecular weight is 443 g/mol. The van der Waals surface area contributed by atoms with Gasteiger partial charge in [0.15, 0.2) is 11.5 Å². The average Bonchev–Trinajstić information content (AvgIpc) is 3.30. The van der Waals surface area contributed by atoms with Gasteiger partial charge in [-0.15, -0.1) is 0 Å². The molecule has 0 radical (unpaired) electrons. The van der Waals surface area contributed by atoms with E-state index in [9.17, 15) is 10.1 Å². The summed E-state index contributed by atoms with van der Waals surface area (Å²) in [4.78, 5) is 13.8. The van der Waals surface area contributed by atoms with Gasteiger partial charge in [-0.1, -0.05) is 30.3 Å². The summed E-state index contributed by atoms with van der Waals surface area (Å²) in [6.07, 6.45) is 0. The standard InChI is InChI=1S/C25H21N3O5/c1-14-8-18-22(25(29)28(14)12-15-6-4-3-5-7-15)21(17(11-26)24(27)33-18)16-9-19(30-2)23-20(10-16)31-13-32-23/h3-10,21H,12-13,27H2,1-2H3/t21-/m1/s1. The number of benzene rings is 2. The third-order valence-electron chi connectivity index (χ3n) is 5.89. The van der Waals surface area contributed by atoms with Gasteiger partial charge < -0.3 is 29.2 Å². The monoisotopic (exact) mass is 443 g/mol. The Morgan fingerprint density at radius 1 is 1.18 bits per heavy atom. The van der Waals surface area contributed by atoms with Crippen LogP contribution in [0.3, 0.4) is 0 Å². The highest BCUT2D eigenvalue weighted by molar-refractivity contribution is 5.61. The molecule has 0 spiro atoms. The Labute approximate surface area is 190 Å². The van der Waals surface area contributed by atoms with Crippen LogP contribution in [0.15, 0.2) is 64.8 Å². The second-order valence-electron chi connectivity index (χ2n) is 7.82. The largest absolute Gasteiger partial charge is 0.493 e. The number of allylic oxidation sites excluding steroid dienone is 1. The SMILES string of the molecule is COc1cc([C@@H]2C(C#N)=C(N)Oc3cc(C)n(Cc4ccccc4)c(=O)c32)cc2c1OCO2. The van der Waals surface area contributed by atoms with Crippen LogP contribution in [0.5, 0.6) is 23.0 Å². The predicted molar refractivity (Wildman–Crippen MR) is 119 cm³/mol. The molecule has 1 aromatic heterocycles. The Bertz CT molecular complexity index is 1390. The molecule has 2 N–H and O–H groups in total. The molecular formula is C25H21N3O5. The first-order valence-corrected chi connectivity index (χ1v) is 10.3. The van der Waals surface area contributed by atoms with E-state index in [0.717, 1.165) is 11.3 Å². The lowest BCUT2D eigenvalue weighted by atomic mass is 9.83. The molecule has 5 rings (SSSR count). The molecule has 0 bridgehead atoms. The quantitative estimate of drug-likeness (QED) is 0.660. The van der Waals surface area contributed by atoms with E-state index in [1.807, 2.05) is 37.3 Å². The molecular weight excluding hydrogens is 422 g/mol. The van der Waals surface area contributed by atoms with E-state index < -0.39 is 5.92 Å². The molecule has 0 fully saturated rings. The summed E-state index contributed by atoms with van der Waals surface area (Å²) in [6, 6.07) is 17.1. The fraction of sp³-hybridized carbons (Fsp3) is 0.200. The minimum Gasteiger partial charge on any atom is -0.493 e. The van der Waals surface area contributed by atoms with Crippen molar-refractivity contribution in [2.24, 2.45) is 5.73 Å². The van der Waals surface area contributed by atoms with Gasteiger partial charge >= 0.3 is 0 Å². The molecule has 2 aliphatic rings. The highest BCUT2D eigenvalue weighted by Crippen LogP contribution is 2.47. The molecule has 8 nitrogen and oxygen atoms in total. The zero-order chi connectivity index (χ0) is 23.1. The van der Waals surface area contributed by atoms with Crippen LogP contribution in [0, 0.1) is 18.3 Å². The maximum Gasteiger partial charge on any atom is 0.259 e. The maximum atomic E-state index is 13.8. The van der Waals surface area contributed by atoms with E-state index in [4.69, 9.17) is 24.7 Å². The molecule has 2 aromatic carbocycles. The summed E-state index contributed by atoms with van der Waals surface area (Å²) in [5, 5.41) is 9.92. The topological polar surface area (TPSA) is 109 Å². The Morgan fingerprint density at radius 3 is 2.70 bits per heavy atom. The number of aryl methyl sites for hydroxylation is 1. The van der Waals surface area contributed by atoms with Gasteiger partial charge in [0.25, 0.3) is 5.56 Å². The van der Waals surface area contributed by atoms with Crippen molar-refractivity contribution >= 4 is 0 Å². The molecule has 3 heterocycles. The Balaban J connectivity index is 1.73. The first-order chi connectivity index (χ1) is 16.0. The summed E-state index contributed by atoms with van der Waals surface area (Å²) in [5.41, 5.74) is 8.67. The highest BCUT2D eigenvalue weighted by Gasteiger charge is 2.36. The van der Waals surface area contributed by atoms with Crippen molar-refractivity contribution in [2.75, 3.05) is 13.9 Å². The van der Waals surface area contributed by atoms with Crippen LogP contribution in [-0.4, -0.2) is 18.5 Å². The zero-order valence-corrected chi connectivity index (χ0v) is 18.1. The van der Waals surface area contributed by atoms with Crippen molar-refractivity contribution in [3.63, 3.8) is 0 Å². The smallest absolute Gasteiger partial charge is 0.259 e. The van der Waals surface area contributed by atoms with Crippen LogP contribution in [0.25, 0.3) is 0 Å². The number of nitrogens with zero attached hydrogens (tertiary/aromatic N) is 2. The summed E-state index contributed by atoms with van der Waals surface area (Å²) in [5.74, 6) is 0.948. The number of methoxy groups -OCH3 is 1. The number of hydrogen-bond acceptors (Lipinski definition) is 7. The van der Waals surface area contributed by atoms with Gasteiger partial charge in [-0.3, -0.25) is 4.79 Å². The molecule has 0 unspecified atom stereocenters. The van der Waals surface area contributed by atoms with Gasteiger partial charge in [0.1, 0.15) is 17.4 Å². The van der Waals surface area contributed by atoms with E-state index in [1.165, 1.54) is 7.11 Å². The molecule has 0 saturated carbocycles. The molecule has 166 valence electrons. The molecule has 0 aliphatic carbocycles. The third-order valence-corrected chi connectivity index (χ3v) is 5.89. The lowest BCUT2D eigenvalue weighted by Gasteiger charge is -2.27. The van der Waals surface area contributed by atoms with E-state index in [-0.39, 0.29) is 23.8 Å². The van der Waals surface area contributed by atoms with Crippen molar-refractivity contribution < 1.29 is 18.9 Å². The second kappa shape index (κ2) is 7.95. The Hall–Kier alpha value is -4.38. The number of nitriles is 1. The maximum absolute atomic E-state index is 13.8. The minimum absolute atomic E-state index is 0.0359. The van der Waals surface area contributed by atoms with E-state index in [1.54, 1.807) is 22.8 Å². The first-order valence-electron chi connectivity index (χ1n) is 10.3. The molecule has 2 aliphatic heterocycles. The molecule has 33 heavy (non-hydrogen) atoms. The van der Waals surface area contributed by atoms with Gasteiger partial charge in [-0.05, 0) is 30.2 Å². The zero-order valence-electron chi connectivity index (χ0n) is 18.1. The summed E-state index contributed by atoms with van der Waals surface area (Å²) < 4.78 is 23.9. The van der Waals surface area contributed by atoms with Gasteiger partial charge in [0, 0.05) is 11.8 Å². The number of fused-ring (bicyclic) bond motifs is 2. The van der Waals surface area contributed by atoms with Crippen LogP contribution in [-0.2, 0) is 6.54 Å². The Morgan fingerprint density at radius 2 is 1.97 bits per heavy atom. The third kappa shape index (κ3) is 3.34. The van der Waals surface area contributed by atoms with Crippen molar-refractivity contribution in [3.8, 4) is 29.1 Å². The number of ether oxygens (including phenoxy) is 4. The predicted octanol–water partition coefficient (Wildman–Crippen LogP) is 3.16. The number of hydrogen-bond donors (Lipinski definition) is 1. The van der Waals surface area contributed by atoms with Crippen LogP contribution >= 0.6 is 0 Å². The summed E-state index contributed by atoms with van der Waals surface area (Å²) in [6.45, 7) is 2.29. The van der Waals surface area contributed by atoms with Crippen molar-refractivity contribution in [3.05, 3.63) is 92.7 Å². The Kier molecular flexibility index (Phi) is 4.94. The first kappa shape index (κ1) is 20.5. The number of nitrogens with two attached hydrogens (primary N) is 1. The lowest BCUT2D eigenvalue weighted by Crippen LogP contribution is -2.33. The molecule has 3 aromatic rings. The van der Waals surface area contributed by atoms with E-state index in [2.05, 4.69) is 6.07 Å². The summed E-state index contributed by atoms with van der Waals surface area (Å²) >= 11 is 0. The van der Waals surface area contributed by atoms with Crippen LogP contribution < -0.4 is 30.2 Å². The molecule has 1 atom stereocenters. The van der Waals surface area contributed by atoms with E-state index >= 15 is 0 Å². The number of aromatic nitrogens is 1. The molecule has 0 saturated heterocycles. The lowest BCUT2D eigenvalue weighted by molar-refractivity contribution is 0.171. The van der Waals surface area contributed by atoms with Crippen LogP contribution in [0.1, 0.15) is 28.3 Å². The summed E-state index contributed by atoms with van der Waals surface area (Å²) in [7, 11) is 1.52. The highest BCUT2D eigenvalue weighted by atomic mass is 16.7. The van der Waals surface area contributed by atoms with Crippen molar-refractivity contribution in [1.29, 1.82) is 5.26 Å². The van der Waals surface area contributed by atoms with Crippen molar-refractivity contribution in [2.45, 2.75) is 19.4 Å². The minimum atomic E-state index is -0.753. The number of pyridine rings is 1.